The van der Waals surface area contributed by atoms with E-state index in [4.69, 9.17) is 16.3 Å². The average molecular weight is 616 g/mol. The Morgan fingerprint density at radius 2 is 1.68 bits per heavy atom. The highest BCUT2D eigenvalue weighted by Gasteiger charge is 2.27. The second kappa shape index (κ2) is 13.6. The van der Waals surface area contributed by atoms with Crippen LogP contribution < -0.4 is 15.4 Å². The summed E-state index contributed by atoms with van der Waals surface area (Å²) < 4.78 is 22.2. The smallest absolute Gasteiger partial charge is 0.272 e. The average Bonchev–Trinajstić information content (AvgIpc) is 3.48. The van der Waals surface area contributed by atoms with E-state index in [2.05, 4.69) is 20.7 Å². The van der Waals surface area contributed by atoms with Crippen LogP contribution in [0.5, 0.6) is 11.6 Å². The molecule has 8 nitrogen and oxygen atoms in total. The molecule has 2 amide bonds. The Hall–Kier alpha value is -4.24. The van der Waals surface area contributed by atoms with Crippen LogP contribution in [0.25, 0.3) is 11.1 Å². The molecule has 6 rings (SSSR count). The fourth-order valence-corrected chi connectivity index (χ4v) is 6.15. The normalized spacial score (nSPS) is 17.9. The van der Waals surface area contributed by atoms with Gasteiger partial charge in [0.05, 0.1) is 6.20 Å². The number of hydrogen-bond donors (Lipinski definition) is 2. The Balaban J connectivity index is 1.06. The minimum absolute atomic E-state index is 0.00733. The van der Waals surface area contributed by atoms with Crippen molar-refractivity contribution in [3.05, 3.63) is 95.2 Å². The Kier molecular flexibility index (Phi) is 9.21. The van der Waals surface area contributed by atoms with Crippen molar-refractivity contribution in [3.63, 3.8) is 0 Å². The number of alkyl halides is 1. The summed E-state index contributed by atoms with van der Waals surface area (Å²) in [5.41, 5.74) is 4.71. The first-order valence-corrected chi connectivity index (χ1v) is 15.8. The van der Waals surface area contributed by atoms with Crippen LogP contribution in [0, 0.1) is 5.82 Å². The Labute approximate surface area is 261 Å². The van der Waals surface area contributed by atoms with Gasteiger partial charge < -0.3 is 15.4 Å². The summed E-state index contributed by atoms with van der Waals surface area (Å²) >= 11 is 5.85. The molecule has 0 bridgehead atoms. The van der Waals surface area contributed by atoms with Gasteiger partial charge in [0.25, 0.3) is 11.8 Å². The second-order valence-electron chi connectivity index (χ2n) is 11.5. The maximum Gasteiger partial charge on any atom is 0.272 e. The van der Waals surface area contributed by atoms with E-state index in [0.29, 0.717) is 43.0 Å². The fourth-order valence-electron chi connectivity index (χ4n) is 5.93. The predicted molar refractivity (Wildman–Crippen MR) is 167 cm³/mol. The lowest BCUT2D eigenvalue weighted by Gasteiger charge is -2.29. The van der Waals surface area contributed by atoms with Crippen molar-refractivity contribution in [2.24, 2.45) is 0 Å². The first kappa shape index (κ1) is 29.8. The van der Waals surface area contributed by atoms with Crippen LogP contribution in [-0.2, 0) is 19.4 Å². The van der Waals surface area contributed by atoms with Crippen molar-refractivity contribution in [2.75, 3.05) is 5.88 Å². The van der Waals surface area contributed by atoms with Crippen LogP contribution in [-0.4, -0.2) is 44.5 Å². The standard InChI is InChI=1S/C34H35ClFN5O3/c35-16-15-22-7-9-23(10-8-22)24-4-3-6-29(18-24)44-34-30(19-25(36)21-37-34)32(42)38-26-11-13-27(14-12-26)39-33(43)31-20-28-5-1-2-17-41(28)40-31/h3-4,6-10,18-21,26-27H,1-2,5,11-17H2,(H,38,42)(H,39,43)/t26-,27-. The van der Waals surface area contributed by atoms with Crippen LogP contribution in [0.4, 0.5) is 4.39 Å². The predicted octanol–water partition coefficient (Wildman–Crippen LogP) is 6.47. The van der Waals surface area contributed by atoms with Gasteiger partial charge in [0, 0.05) is 30.2 Å². The fraction of sp³-hybridized carbons (Fsp3) is 0.353. The third-order valence-electron chi connectivity index (χ3n) is 8.33. The van der Waals surface area contributed by atoms with Crippen LogP contribution in [0.3, 0.4) is 0 Å². The van der Waals surface area contributed by atoms with Crippen molar-refractivity contribution in [2.45, 2.75) is 70.0 Å². The summed E-state index contributed by atoms with van der Waals surface area (Å²) in [6.07, 6.45) is 7.80. The van der Waals surface area contributed by atoms with E-state index >= 15 is 0 Å². The van der Waals surface area contributed by atoms with Gasteiger partial charge >= 0.3 is 0 Å². The molecule has 2 aromatic heterocycles. The van der Waals surface area contributed by atoms with Crippen molar-refractivity contribution in [1.29, 1.82) is 0 Å². The Morgan fingerprint density at radius 1 is 0.932 bits per heavy atom. The van der Waals surface area contributed by atoms with Crippen molar-refractivity contribution < 1.29 is 18.7 Å². The third kappa shape index (κ3) is 7.10. The number of pyridine rings is 1. The number of ether oxygens (including phenoxy) is 1. The molecule has 0 saturated heterocycles. The van der Waals surface area contributed by atoms with E-state index in [0.717, 1.165) is 66.9 Å². The summed E-state index contributed by atoms with van der Waals surface area (Å²) in [6, 6.07) is 18.5. The van der Waals surface area contributed by atoms with Crippen molar-refractivity contribution in [1.82, 2.24) is 25.4 Å². The van der Waals surface area contributed by atoms with Gasteiger partial charge in [-0.05, 0) is 92.3 Å². The zero-order valence-corrected chi connectivity index (χ0v) is 25.2. The molecule has 1 fully saturated rings. The highest BCUT2D eigenvalue weighted by atomic mass is 35.5. The maximum atomic E-state index is 14.2. The number of rotatable bonds is 9. The molecular weight excluding hydrogens is 581 g/mol. The molecule has 0 atom stereocenters. The van der Waals surface area contributed by atoms with E-state index in [-0.39, 0.29) is 29.4 Å². The summed E-state index contributed by atoms with van der Waals surface area (Å²) in [5.74, 6) is -0.150. The van der Waals surface area contributed by atoms with Crippen LogP contribution in [0.15, 0.2) is 66.9 Å². The van der Waals surface area contributed by atoms with E-state index < -0.39 is 11.7 Å². The molecule has 228 valence electrons. The SMILES string of the molecule is O=C(N[C@H]1CC[C@H](NC(=O)c2cc(F)cnc2Oc2cccc(-c3ccc(CCCl)cc3)c2)CC1)c1cc2n(n1)CCCC2. The number of aryl methyl sites for hydroxylation is 3. The van der Waals surface area contributed by atoms with Gasteiger partial charge in [0.2, 0.25) is 5.88 Å². The number of benzene rings is 2. The molecule has 10 heteroatoms. The van der Waals surface area contributed by atoms with Gasteiger partial charge in [0.1, 0.15) is 22.8 Å². The number of carbonyl (C=O) groups excluding carboxylic acids is 2. The zero-order valence-electron chi connectivity index (χ0n) is 24.4. The molecular formula is C34H35ClFN5O3. The number of halogens is 2. The van der Waals surface area contributed by atoms with Crippen LogP contribution in [0.1, 0.15) is 70.6 Å². The highest BCUT2D eigenvalue weighted by molar-refractivity contribution is 6.18. The zero-order chi connectivity index (χ0) is 30.5. The number of aromatic nitrogens is 3. The van der Waals surface area contributed by atoms with Crippen molar-refractivity contribution >= 4 is 23.4 Å². The largest absolute Gasteiger partial charge is 0.438 e. The summed E-state index contributed by atoms with van der Waals surface area (Å²) in [4.78, 5) is 30.2. The van der Waals surface area contributed by atoms with Gasteiger partial charge in [-0.2, -0.15) is 5.10 Å². The Bertz CT molecular complexity index is 1610. The molecule has 0 spiro atoms. The van der Waals surface area contributed by atoms with Crippen LogP contribution >= 0.6 is 11.6 Å². The number of fused-ring (bicyclic) bond motifs is 1. The van der Waals surface area contributed by atoms with Gasteiger partial charge in [-0.1, -0.05) is 36.4 Å². The minimum atomic E-state index is -0.624. The van der Waals surface area contributed by atoms with Gasteiger partial charge in [-0.3, -0.25) is 14.3 Å². The van der Waals surface area contributed by atoms with E-state index in [1.165, 1.54) is 0 Å². The van der Waals surface area contributed by atoms with Gasteiger partial charge in [-0.25, -0.2) is 9.37 Å². The molecule has 2 aromatic carbocycles. The summed E-state index contributed by atoms with van der Waals surface area (Å²) in [6.45, 7) is 0.859. The quantitative estimate of drug-likeness (QED) is 0.211. The number of hydrogen-bond acceptors (Lipinski definition) is 5. The number of nitrogens with one attached hydrogen (secondary N) is 2. The maximum absolute atomic E-state index is 14.2. The molecule has 4 aromatic rings. The number of amides is 2. The van der Waals surface area contributed by atoms with E-state index in [9.17, 15) is 14.0 Å². The number of nitrogens with zero attached hydrogens (tertiary/aromatic N) is 3. The molecule has 44 heavy (non-hydrogen) atoms. The molecule has 1 saturated carbocycles. The lowest BCUT2D eigenvalue weighted by Crippen LogP contribution is -2.44. The minimum Gasteiger partial charge on any atom is -0.438 e. The molecule has 3 heterocycles. The van der Waals surface area contributed by atoms with Crippen molar-refractivity contribution in [3.8, 4) is 22.8 Å². The molecule has 0 radical (unpaired) electrons. The molecule has 0 unspecified atom stereocenters. The third-order valence-corrected chi connectivity index (χ3v) is 8.52. The Morgan fingerprint density at radius 3 is 2.41 bits per heavy atom. The molecule has 2 aliphatic rings. The first-order valence-electron chi connectivity index (χ1n) is 15.2. The highest BCUT2D eigenvalue weighted by Crippen LogP contribution is 2.29. The van der Waals surface area contributed by atoms with E-state index in [1.54, 1.807) is 6.07 Å². The van der Waals surface area contributed by atoms with Gasteiger partial charge in [0.15, 0.2) is 0 Å². The van der Waals surface area contributed by atoms with Gasteiger partial charge in [-0.15, -0.1) is 11.6 Å². The van der Waals surface area contributed by atoms with Crippen LogP contribution in [0.2, 0.25) is 0 Å². The molecule has 1 aliphatic carbocycles. The number of carbonyl (C=O) groups is 2. The lowest BCUT2D eigenvalue weighted by molar-refractivity contribution is 0.0887. The first-order chi connectivity index (χ1) is 21.4. The topological polar surface area (TPSA) is 98.1 Å². The van der Waals surface area contributed by atoms with E-state index in [1.807, 2.05) is 53.2 Å². The molecule has 1 aliphatic heterocycles. The lowest BCUT2D eigenvalue weighted by atomic mass is 9.91. The second-order valence-corrected chi connectivity index (χ2v) is 11.8. The summed E-state index contributed by atoms with van der Waals surface area (Å²) in [7, 11) is 0. The molecule has 2 N–H and O–H groups in total. The summed E-state index contributed by atoms with van der Waals surface area (Å²) in [5, 5.41) is 10.6. The monoisotopic (exact) mass is 615 g/mol.